The summed E-state index contributed by atoms with van der Waals surface area (Å²) in [5, 5.41) is 5.38. The summed E-state index contributed by atoms with van der Waals surface area (Å²) < 4.78 is 36.8. The van der Waals surface area contributed by atoms with Crippen LogP contribution in [-0.2, 0) is 11.3 Å². The van der Waals surface area contributed by atoms with Gasteiger partial charge in [0.05, 0.1) is 0 Å². The molecule has 0 aliphatic carbocycles. The molecule has 0 saturated carbocycles. The molecule has 0 spiro atoms. The van der Waals surface area contributed by atoms with Crippen LogP contribution in [0.4, 0.5) is 18.9 Å². The lowest BCUT2D eigenvalue weighted by Crippen LogP contribution is -2.42. The molecule has 0 atom stereocenters. The fraction of sp³-hybridized carbons (Fsp3) is 0.364. The first-order valence-electron chi connectivity index (χ1n) is 9.92. The van der Waals surface area contributed by atoms with Crippen LogP contribution in [0.2, 0.25) is 5.02 Å². The molecule has 2 aromatic carbocycles. The van der Waals surface area contributed by atoms with E-state index < -0.39 is 24.5 Å². The summed E-state index contributed by atoms with van der Waals surface area (Å²) in [7, 11) is 0. The quantitative estimate of drug-likeness (QED) is 0.677. The topological polar surface area (TPSA) is 61.4 Å². The smallest absolute Gasteiger partial charge is 0.347 e. The average Bonchev–Trinajstić information content (AvgIpc) is 2.73. The number of alkyl halides is 3. The van der Waals surface area contributed by atoms with E-state index >= 15 is 0 Å². The SMILES string of the molecule is O=C(Nc1cccc(CN2CCC(C(=O)NCC(F)(F)F)CC2)c1)c1ccc(Cl)cc1. The highest BCUT2D eigenvalue weighted by Gasteiger charge is 2.31. The van der Waals surface area contributed by atoms with Crippen LogP contribution in [0.25, 0.3) is 0 Å². The van der Waals surface area contributed by atoms with Crippen LogP contribution in [-0.4, -0.2) is 42.5 Å². The standard InChI is InChI=1S/C22H23ClF3N3O2/c23-18-6-4-16(5-7-18)21(31)28-19-3-1-2-15(12-19)13-29-10-8-17(9-11-29)20(30)27-14-22(24,25)26/h1-7,12,17H,8-11,13-14H2,(H,27,30)(H,28,31). The van der Waals surface area contributed by atoms with Crippen molar-refractivity contribution >= 4 is 29.1 Å². The molecule has 3 rings (SSSR count). The minimum Gasteiger partial charge on any atom is -0.347 e. The van der Waals surface area contributed by atoms with Gasteiger partial charge < -0.3 is 10.6 Å². The summed E-state index contributed by atoms with van der Waals surface area (Å²) in [5.74, 6) is -1.17. The molecule has 166 valence electrons. The molecule has 2 amide bonds. The van der Waals surface area contributed by atoms with Crippen LogP contribution in [0.5, 0.6) is 0 Å². The monoisotopic (exact) mass is 453 g/mol. The number of hydrogen-bond donors (Lipinski definition) is 2. The van der Waals surface area contributed by atoms with Gasteiger partial charge in [0, 0.05) is 28.7 Å². The number of nitrogens with one attached hydrogen (secondary N) is 2. The zero-order valence-corrected chi connectivity index (χ0v) is 17.5. The highest BCUT2D eigenvalue weighted by Crippen LogP contribution is 2.21. The van der Waals surface area contributed by atoms with Gasteiger partial charge >= 0.3 is 6.18 Å². The molecule has 5 nitrogen and oxygen atoms in total. The number of piperidine rings is 1. The number of likely N-dealkylation sites (tertiary alicyclic amines) is 1. The number of nitrogens with zero attached hydrogens (tertiary/aromatic N) is 1. The Hall–Kier alpha value is -2.58. The van der Waals surface area contributed by atoms with E-state index in [4.69, 9.17) is 11.6 Å². The number of carbonyl (C=O) groups excluding carboxylic acids is 2. The molecule has 1 aliphatic heterocycles. The van der Waals surface area contributed by atoms with E-state index in [1.165, 1.54) is 0 Å². The van der Waals surface area contributed by atoms with Gasteiger partial charge in [-0.1, -0.05) is 23.7 Å². The highest BCUT2D eigenvalue weighted by molar-refractivity contribution is 6.30. The maximum atomic E-state index is 12.4. The molecule has 31 heavy (non-hydrogen) atoms. The second kappa shape index (κ2) is 10.2. The Kier molecular flexibility index (Phi) is 7.56. The molecule has 1 aliphatic rings. The van der Waals surface area contributed by atoms with Crippen LogP contribution >= 0.6 is 11.6 Å². The molecule has 1 saturated heterocycles. The van der Waals surface area contributed by atoms with Crippen molar-refractivity contribution in [2.24, 2.45) is 5.92 Å². The minimum absolute atomic E-state index is 0.237. The Morgan fingerprint density at radius 2 is 1.74 bits per heavy atom. The van der Waals surface area contributed by atoms with E-state index in [9.17, 15) is 22.8 Å². The molecule has 0 unspecified atom stereocenters. The van der Waals surface area contributed by atoms with Crippen molar-refractivity contribution in [3.05, 3.63) is 64.7 Å². The number of amides is 2. The predicted molar refractivity (Wildman–Crippen MR) is 113 cm³/mol. The van der Waals surface area contributed by atoms with Gasteiger partial charge in [-0.3, -0.25) is 14.5 Å². The van der Waals surface area contributed by atoms with Gasteiger partial charge in [-0.05, 0) is 67.9 Å². The number of halogens is 4. The molecule has 0 bridgehead atoms. The van der Waals surface area contributed by atoms with Crippen molar-refractivity contribution in [2.75, 3.05) is 25.0 Å². The molecule has 0 aromatic heterocycles. The average molecular weight is 454 g/mol. The second-order valence-electron chi connectivity index (χ2n) is 7.54. The summed E-state index contributed by atoms with van der Waals surface area (Å²) in [6, 6.07) is 14.1. The largest absolute Gasteiger partial charge is 0.405 e. The highest BCUT2D eigenvalue weighted by atomic mass is 35.5. The minimum atomic E-state index is -4.40. The lowest BCUT2D eigenvalue weighted by atomic mass is 9.95. The number of benzene rings is 2. The van der Waals surface area contributed by atoms with Gasteiger partial charge in [0.1, 0.15) is 6.54 Å². The third-order valence-corrected chi connectivity index (χ3v) is 5.37. The van der Waals surface area contributed by atoms with E-state index in [0.29, 0.717) is 48.7 Å². The zero-order chi connectivity index (χ0) is 22.4. The Labute approximate surface area is 183 Å². The van der Waals surface area contributed by atoms with Crippen molar-refractivity contribution in [1.29, 1.82) is 0 Å². The molecule has 2 N–H and O–H groups in total. The number of hydrogen-bond acceptors (Lipinski definition) is 3. The van der Waals surface area contributed by atoms with Crippen LogP contribution < -0.4 is 10.6 Å². The summed E-state index contributed by atoms with van der Waals surface area (Å²) in [4.78, 5) is 26.4. The van der Waals surface area contributed by atoms with Gasteiger partial charge in [0.25, 0.3) is 5.91 Å². The lowest BCUT2D eigenvalue weighted by molar-refractivity contribution is -0.141. The van der Waals surface area contributed by atoms with Gasteiger partial charge in [-0.15, -0.1) is 0 Å². The van der Waals surface area contributed by atoms with Gasteiger partial charge in [-0.25, -0.2) is 0 Å². The Morgan fingerprint density at radius 1 is 1.06 bits per heavy atom. The zero-order valence-electron chi connectivity index (χ0n) is 16.7. The van der Waals surface area contributed by atoms with E-state index in [1.54, 1.807) is 30.3 Å². The summed E-state index contributed by atoms with van der Waals surface area (Å²) in [6.07, 6.45) is -3.38. The normalized spacial score (nSPS) is 15.5. The van der Waals surface area contributed by atoms with E-state index in [2.05, 4.69) is 10.2 Å². The second-order valence-corrected chi connectivity index (χ2v) is 7.98. The molecule has 0 radical (unpaired) electrons. The fourth-order valence-corrected chi connectivity index (χ4v) is 3.62. The third kappa shape index (κ3) is 7.25. The van der Waals surface area contributed by atoms with Crippen molar-refractivity contribution in [3.8, 4) is 0 Å². The first kappa shape index (κ1) is 23.1. The first-order chi connectivity index (χ1) is 14.7. The maximum Gasteiger partial charge on any atom is 0.405 e. The van der Waals surface area contributed by atoms with Crippen molar-refractivity contribution in [2.45, 2.75) is 25.6 Å². The lowest BCUT2D eigenvalue weighted by Gasteiger charge is -2.31. The van der Waals surface area contributed by atoms with Gasteiger partial charge in [0.2, 0.25) is 5.91 Å². The predicted octanol–water partition coefficient (Wildman–Crippen LogP) is 4.48. The number of rotatable bonds is 6. The first-order valence-corrected chi connectivity index (χ1v) is 10.3. The van der Waals surface area contributed by atoms with Crippen molar-refractivity contribution in [1.82, 2.24) is 10.2 Å². The van der Waals surface area contributed by atoms with E-state index in [-0.39, 0.29) is 5.91 Å². The summed E-state index contributed by atoms with van der Waals surface area (Å²) >= 11 is 5.85. The van der Waals surface area contributed by atoms with E-state index in [0.717, 1.165) is 5.56 Å². The Balaban J connectivity index is 1.49. The third-order valence-electron chi connectivity index (χ3n) is 5.12. The molecule has 2 aromatic rings. The van der Waals surface area contributed by atoms with Gasteiger partial charge in [-0.2, -0.15) is 13.2 Å². The molecule has 9 heteroatoms. The molecule has 1 heterocycles. The number of carbonyl (C=O) groups is 2. The van der Waals surface area contributed by atoms with Crippen molar-refractivity contribution in [3.63, 3.8) is 0 Å². The summed E-state index contributed by atoms with van der Waals surface area (Å²) in [5.41, 5.74) is 2.16. The number of anilines is 1. The molecule has 1 fully saturated rings. The summed E-state index contributed by atoms with van der Waals surface area (Å²) in [6.45, 7) is 0.569. The molecular formula is C22H23ClF3N3O2. The Bertz CT molecular complexity index is 911. The van der Waals surface area contributed by atoms with Gasteiger partial charge in [0.15, 0.2) is 0 Å². The van der Waals surface area contributed by atoms with Crippen LogP contribution in [0.15, 0.2) is 48.5 Å². The van der Waals surface area contributed by atoms with Crippen LogP contribution in [0, 0.1) is 5.92 Å². The maximum absolute atomic E-state index is 12.4. The fourth-order valence-electron chi connectivity index (χ4n) is 3.50. The van der Waals surface area contributed by atoms with E-state index in [1.807, 2.05) is 23.5 Å². The van der Waals surface area contributed by atoms with Crippen molar-refractivity contribution < 1.29 is 22.8 Å². The Morgan fingerprint density at radius 3 is 2.39 bits per heavy atom. The van der Waals surface area contributed by atoms with Crippen LogP contribution in [0.3, 0.4) is 0 Å². The van der Waals surface area contributed by atoms with Crippen LogP contribution in [0.1, 0.15) is 28.8 Å². The molecular weight excluding hydrogens is 431 g/mol.